The summed E-state index contributed by atoms with van der Waals surface area (Å²) in [6.07, 6.45) is 9.30. The molecule has 1 N–H and O–H groups in total. The van der Waals surface area contributed by atoms with Gasteiger partial charge >= 0.3 is 5.97 Å². The van der Waals surface area contributed by atoms with Gasteiger partial charge in [0.05, 0.1) is 25.9 Å². The van der Waals surface area contributed by atoms with Crippen molar-refractivity contribution in [2.45, 2.75) is 37.6 Å². The molecule has 2 fully saturated rings. The van der Waals surface area contributed by atoms with E-state index >= 15 is 0 Å². The molecular formula is C22H30N2O4. The molecule has 3 rings (SSSR count). The van der Waals surface area contributed by atoms with Gasteiger partial charge < -0.3 is 14.8 Å². The minimum atomic E-state index is -0.367. The van der Waals surface area contributed by atoms with Gasteiger partial charge in [-0.2, -0.15) is 0 Å². The third kappa shape index (κ3) is 5.20. The molecule has 28 heavy (non-hydrogen) atoms. The lowest BCUT2D eigenvalue weighted by Gasteiger charge is -2.48. The van der Waals surface area contributed by atoms with E-state index in [0.29, 0.717) is 12.1 Å². The smallest absolute Gasteiger partial charge is 0.337 e. The van der Waals surface area contributed by atoms with Gasteiger partial charge in [0.1, 0.15) is 0 Å². The van der Waals surface area contributed by atoms with Crippen molar-refractivity contribution < 1.29 is 19.1 Å². The Morgan fingerprint density at radius 1 is 1.14 bits per heavy atom. The molecule has 0 unspecified atom stereocenters. The molecule has 1 saturated carbocycles. The Hall–Kier alpha value is -2.18. The van der Waals surface area contributed by atoms with Crippen LogP contribution in [0.4, 0.5) is 0 Å². The monoisotopic (exact) mass is 386 g/mol. The SMILES string of the molecule is COC(=O)c1ccc(/C=C/C(=O)NCC2(N3CCOCC3)CCCCC2)cc1. The normalized spacial score (nSPS) is 20.0. The van der Waals surface area contributed by atoms with Crippen LogP contribution >= 0.6 is 0 Å². The highest BCUT2D eigenvalue weighted by atomic mass is 16.5. The third-order valence-electron chi connectivity index (χ3n) is 5.82. The number of ether oxygens (including phenoxy) is 2. The number of carbonyl (C=O) groups is 2. The molecule has 1 aliphatic heterocycles. The molecule has 0 bridgehead atoms. The van der Waals surface area contributed by atoms with Crippen LogP contribution in [0.2, 0.25) is 0 Å². The number of carbonyl (C=O) groups excluding carboxylic acids is 2. The Kier molecular flexibility index (Phi) is 7.23. The zero-order valence-electron chi connectivity index (χ0n) is 16.6. The predicted octanol–water partition coefficient (Wildman–Crippen LogP) is 2.64. The summed E-state index contributed by atoms with van der Waals surface area (Å²) < 4.78 is 10.2. The summed E-state index contributed by atoms with van der Waals surface area (Å²) in [7, 11) is 1.36. The number of amides is 1. The lowest BCUT2D eigenvalue weighted by Crippen LogP contribution is -2.59. The van der Waals surface area contributed by atoms with Gasteiger partial charge in [0.25, 0.3) is 0 Å². The van der Waals surface area contributed by atoms with Crippen LogP contribution in [-0.2, 0) is 14.3 Å². The number of nitrogens with one attached hydrogen (secondary N) is 1. The fourth-order valence-corrected chi connectivity index (χ4v) is 4.18. The van der Waals surface area contributed by atoms with Crippen molar-refractivity contribution >= 4 is 18.0 Å². The Bertz CT molecular complexity index is 687. The summed E-state index contributed by atoms with van der Waals surface area (Å²) >= 11 is 0. The minimum Gasteiger partial charge on any atom is -0.465 e. The zero-order chi connectivity index (χ0) is 19.8. The molecule has 0 aromatic heterocycles. The van der Waals surface area contributed by atoms with Gasteiger partial charge in [-0.05, 0) is 36.6 Å². The van der Waals surface area contributed by atoms with E-state index in [1.807, 2.05) is 0 Å². The fourth-order valence-electron chi connectivity index (χ4n) is 4.18. The molecule has 1 heterocycles. The zero-order valence-corrected chi connectivity index (χ0v) is 16.6. The average molecular weight is 386 g/mol. The second-order valence-corrected chi connectivity index (χ2v) is 7.55. The molecule has 0 atom stereocenters. The van der Waals surface area contributed by atoms with Crippen molar-refractivity contribution in [3.8, 4) is 0 Å². The first-order chi connectivity index (χ1) is 13.6. The number of hydrogen-bond donors (Lipinski definition) is 1. The molecule has 0 spiro atoms. The maximum atomic E-state index is 12.4. The lowest BCUT2D eigenvalue weighted by molar-refractivity contribution is -0.117. The van der Waals surface area contributed by atoms with Crippen molar-refractivity contribution in [2.75, 3.05) is 40.0 Å². The topological polar surface area (TPSA) is 67.9 Å². The number of esters is 1. The summed E-state index contributed by atoms with van der Waals surface area (Å²) in [5, 5.41) is 3.12. The van der Waals surface area contributed by atoms with E-state index in [-0.39, 0.29) is 17.4 Å². The first-order valence-corrected chi connectivity index (χ1v) is 10.1. The van der Waals surface area contributed by atoms with E-state index in [9.17, 15) is 9.59 Å². The highest BCUT2D eigenvalue weighted by Gasteiger charge is 2.38. The van der Waals surface area contributed by atoms with E-state index in [4.69, 9.17) is 9.47 Å². The summed E-state index contributed by atoms with van der Waals surface area (Å²) in [6.45, 7) is 4.11. The Balaban J connectivity index is 1.57. The molecule has 1 amide bonds. The second kappa shape index (κ2) is 9.85. The van der Waals surface area contributed by atoms with Crippen LogP contribution in [0.25, 0.3) is 6.08 Å². The highest BCUT2D eigenvalue weighted by molar-refractivity contribution is 5.92. The van der Waals surface area contributed by atoms with E-state index < -0.39 is 0 Å². The average Bonchev–Trinajstić information content (AvgIpc) is 2.77. The fraction of sp³-hybridized carbons (Fsp3) is 0.545. The number of hydrogen-bond acceptors (Lipinski definition) is 5. The van der Waals surface area contributed by atoms with E-state index in [2.05, 4.69) is 10.2 Å². The van der Waals surface area contributed by atoms with Gasteiger partial charge in [0.2, 0.25) is 5.91 Å². The standard InChI is InChI=1S/C22H30N2O4/c1-27-21(26)19-8-5-18(6-9-19)7-10-20(25)23-17-22(11-3-2-4-12-22)24-13-15-28-16-14-24/h5-10H,2-4,11-17H2,1H3,(H,23,25)/b10-7+. The van der Waals surface area contributed by atoms with Gasteiger partial charge in [-0.1, -0.05) is 31.4 Å². The van der Waals surface area contributed by atoms with Crippen LogP contribution < -0.4 is 5.32 Å². The van der Waals surface area contributed by atoms with E-state index in [1.54, 1.807) is 36.4 Å². The first-order valence-electron chi connectivity index (χ1n) is 10.1. The molecule has 1 saturated heterocycles. The largest absolute Gasteiger partial charge is 0.465 e. The van der Waals surface area contributed by atoms with Gasteiger partial charge in [0.15, 0.2) is 0 Å². The molecule has 1 aromatic rings. The molecular weight excluding hydrogens is 356 g/mol. The van der Waals surface area contributed by atoms with Crippen molar-refractivity contribution in [1.82, 2.24) is 10.2 Å². The summed E-state index contributed by atoms with van der Waals surface area (Å²) in [4.78, 5) is 26.4. The maximum Gasteiger partial charge on any atom is 0.337 e. The first kappa shape index (κ1) is 20.6. The van der Waals surface area contributed by atoms with Crippen LogP contribution in [0.1, 0.15) is 48.0 Å². The van der Waals surface area contributed by atoms with E-state index in [1.165, 1.54) is 26.4 Å². The Morgan fingerprint density at radius 3 is 2.46 bits per heavy atom. The van der Waals surface area contributed by atoms with Crippen LogP contribution in [-0.4, -0.2) is 62.3 Å². The van der Waals surface area contributed by atoms with Gasteiger partial charge in [-0.15, -0.1) is 0 Å². The quantitative estimate of drug-likeness (QED) is 0.601. The number of nitrogens with zero attached hydrogens (tertiary/aromatic N) is 1. The Morgan fingerprint density at radius 2 is 1.82 bits per heavy atom. The van der Waals surface area contributed by atoms with Gasteiger partial charge in [-0.25, -0.2) is 4.79 Å². The number of rotatable bonds is 6. The van der Waals surface area contributed by atoms with Gasteiger partial charge in [-0.3, -0.25) is 9.69 Å². The van der Waals surface area contributed by atoms with Crippen molar-refractivity contribution in [2.24, 2.45) is 0 Å². The minimum absolute atomic E-state index is 0.0632. The molecule has 1 aliphatic carbocycles. The molecule has 0 radical (unpaired) electrons. The molecule has 152 valence electrons. The van der Waals surface area contributed by atoms with Crippen LogP contribution in [0.15, 0.2) is 30.3 Å². The number of benzene rings is 1. The summed E-state index contributed by atoms with van der Waals surface area (Å²) in [5.74, 6) is -0.454. The summed E-state index contributed by atoms with van der Waals surface area (Å²) in [5.41, 5.74) is 1.42. The number of methoxy groups -OCH3 is 1. The molecule has 6 heteroatoms. The second-order valence-electron chi connectivity index (χ2n) is 7.55. The third-order valence-corrected chi connectivity index (χ3v) is 5.82. The predicted molar refractivity (Wildman–Crippen MR) is 108 cm³/mol. The van der Waals surface area contributed by atoms with Crippen molar-refractivity contribution in [3.63, 3.8) is 0 Å². The van der Waals surface area contributed by atoms with Crippen LogP contribution in [0.3, 0.4) is 0 Å². The molecule has 2 aliphatic rings. The van der Waals surface area contributed by atoms with E-state index in [0.717, 1.165) is 44.7 Å². The van der Waals surface area contributed by atoms with Crippen LogP contribution in [0, 0.1) is 0 Å². The molecule has 1 aromatic carbocycles. The van der Waals surface area contributed by atoms with Crippen molar-refractivity contribution in [1.29, 1.82) is 0 Å². The maximum absolute atomic E-state index is 12.4. The van der Waals surface area contributed by atoms with Gasteiger partial charge in [0, 0.05) is 31.2 Å². The number of morpholine rings is 1. The Labute approximate surface area is 166 Å². The van der Waals surface area contributed by atoms with Crippen molar-refractivity contribution in [3.05, 3.63) is 41.5 Å². The summed E-state index contributed by atoms with van der Waals surface area (Å²) in [6, 6.07) is 6.98. The van der Waals surface area contributed by atoms with Crippen LogP contribution in [0.5, 0.6) is 0 Å². The lowest BCUT2D eigenvalue weighted by atomic mass is 9.79. The molecule has 6 nitrogen and oxygen atoms in total. The highest BCUT2D eigenvalue weighted by Crippen LogP contribution is 2.33.